The Morgan fingerprint density at radius 3 is 3.08 bits per heavy atom. The second-order valence-corrected chi connectivity index (χ2v) is 3.26. The highest BCUT2D eigenvalue weighted by atomic mass is 35.5. The number of amides is 1. The van der Waals surface area contributed by atoms with Gasteiger partial charge in [-0.25, -0.2) is 0 Å². The van der Waals surface area contributed by atoms with Gasteiger partial charge in [-0.05, 0) is 12.8 Å². The van der Waals surface area contributed by atoms with E-state index in [9.17, 15) is 4.79 Å². The molecule has 0 aromatic heterocycles. The van der Waals surface area contributed by atoms with Gasteiger partial charge in [-0.3, -0.25) is 4.79 Å². The molecule has 0 bridgehead atoms. The van der Waals surface area contributed by atoms with Crippen LogP contribution < -0.4 is 5.32 Å². The third-order valence-corrected chi connectivity index (χ3v) is 2.06. The number of hydrogen-bond acceptors (Lipinski definition) is 2. The SMILES string of the molecule is O=C(CCCl)NCC1CCCO1. The molecule has 1 unspecified atom stereocenters. The van der Waals surface area contributed by atoms with Gasteiger partial charge in [0.2, 0.25) is 5.91 Å². The summed E-state index contributed by atoms with van der Waals surface area (Å²) in [4.78, 5) is 10.9. The van der Waals surface area contributed by atoms with Crippen molar-refractivity contribution in [3.63, 3.8) is 0 Å². The molecular formula is C8H14ClNO2. The van der Waals surface area contributed by atoms with Crippen LogP contribution in [0.4, 0.5) is 0 Å². The van der Waals surface area contributed by atoms with Crippen molar-refractivity contribution in [1.29, 1.82) is 0 Å². The predicted octanol–water partition coefficient (Wildman–Crippen LogP) is 0.910. The fourth-order valence-electron chi connectivity index (χ4n) is 1.21. The van der Waals surface area contributed by atoms with E-state index in [0.29, 0.717) is 18.8 Å². The molecule has 0 aliphatic carbocycles. The Hall–Kier alpha value is -0.280. The van der Waals surface area contributed by atoms with Crippen molar-refractivity contribution < 1.29 is 9.53 Å². The number of hydrogen-bond donors (Lipinski definition) is 1. The van der Waals surface area contributed by atoms with Crippen molar-refractivity contribution in [3.05, 3.63) is 0 Å². The van der Waals surface area contributed by atoms with Crippen molar-refractivity contribution in [3.8, 4) is 0 Å². The highest BCUT2D eigenvalue weighted by Crippen LogP contribution is 2.10. The van der Waals surface area contributed by atoms with E-state index >= 15 is 0 Å². The van der Waals surface area contributed by atoms with Gasteiger partial charge in [-0.1, -0.05) is 0 Å². The van der Waals surface area contributed by atoms with Gasteiger partial charge in [0.05, 0.1) is 6.10 Å². The van der Waals surface area contributed by atoms with E-state index in [1.54, 1.807) is 0 Å². The molecule has 1 N–H and O–H groups in total. The molecule has 4 heteroatoms. The molecule has 0 saturated carbocycles. The number of rotatable bonds is 4. The van der Waals surface area contributed by atoms with E-state index in [0.717, 1.165) is 19.4 Å². The summed E-state index contributed by atoms with van der Waals surface area (Å²) < 4.78 is 5.33. The van der Waals surface area contributed by atoms with Gasteiger partial charge in [0, 0.05) is 25.5 Å². The first-order valence-electron chi connectivity index (χ1n) is 4.27. The third kappa shape index (κ3) is 3.41. The first-order valence-corrected chi connectivity index (χ1v) is 4.80. The van der Waals surface area contributed by atoms with Crippen LogP contribution in [0.3, 0.4) is 0 Å². The Kier molecular flexibility index (Phi) is 4.40. The molecule has 1 saturated heterocycles. The normalized spacial score (nSPS) is 22.6. The Labute approximate surface area is 77.4 Å². The lowest BCUT2D eigenvalue weighted by Gasteiger charge is -2.09. The highest BCUT2D eigenvalue weighted by molar-refractivity contribution is 6.18. The minimum atomic E-state index is 0.0144. The number of ether oxygens (including phenoxy) is 1. The second-order valence-electron chi connectivity index (χ2n) is 2.88. The van der Waals surface area contributed by atoms with Gasteiger partial charge in [-0.2, -0.15) is 0 Å². The molecule has 1 heterocycles. The number of halogens is 1. The van der Waals surface area contributed by atoms with Crippen molar-refractivity contribution in [2.24, 2.45) is 0 Å². The zero-order valence-electron chi connectivity index (χ0n) is 7.01. The summed E-state index contributed by atoms with van der Waals surface area (Å²) in [5, 5.41) is 2.78. The van der Waals surface area contributed by atoms with Crippen LogP contribution in [0.1, 0.15) is 19.3 Å². The smallest absolute Gasteiger partial charge is 0.221 e. The molecule has 0 aromatic carbocycles. The van der Waals surface area contributed by atoms with Crippen molar-refractivity contribution >= 4 is 17.5 Å². The van der Waals surface area contributed by atoms with E-state index in [4.69, 9.17) is 16.3 Å². The van der Waals surface area contributed by atoms with Crippen LogP contribution in [-0.2, 0) is 9.53 Å². The predicted molar refractivity (Wildman–Crippen MR) is 47.3 cm³/mol. The van der Waals surface area contributed by atoms with E-state index in [1.807, 2.05) is 0 Å². The fraction of sp³-hybridized carbons (Fsp3) is 0.875. The molecular weight excluding hydrogens is 178 g/mol. The molecule has 1 aliphatic rings. The molecule has 1 aliphatic heterocycles. The van der Waals surface area contributed by atoms with Gasteiger partial charge in [-0.15, -0.1) is 11.6 Å². The van der Waals surface area contributed by atoms with Crippen molar-refractivity contribution in [1.82, 2.24) is 5.32 Å². The molecule has 0 radical (unpaired) electrons. The maximum absolute atomic E-state index is 10.9. The number of nitrogens with one attached hydrogen (secondary N) is 1. The van der Waals surface area contributed by atoms with Crippen LogP contribution in [-0.4, -0.2) is 31.0 Å². The zero-order chi connectivity index (χ0) is 8.81. The largest absolute Gasteiger partial charge is 0.376 e. The minimum Gasteiger partial charge on any atom is -0.376 e. The van der Waals surface area contributed by atoms with Crippen LogP contribution >= 0.6 is 11.6 Å². The van der Waals surface area contributed by atoms with E-state index < -0.39 is 0 Å². The van der Waals surface area contributed by atoms with Gasteiger partial charge in [0.25, 0.3) is 0 Å². The summed E-state index contributed by atoms with van der Waals surface area (Å²) >= 11 is 5.40. The quantitative estimate of drug-likeness (QED) is 0.671. The monoisotopic (exact) mass is 191 g/mol. The lowest BCUT2D eigenvalue weighted by molar-refractivity contribution is -0.121. The Balaban J connectivity index is 2.03. The number of carbonyl (C=O) groups excluding carboxylic acids is 1. The fourth-order valence-corrected chi connectivity index (χ4v) is 1.38. The van der Waals surface area contributed by atoms with Gasteiger partial charge in [0.15, 0.2) is 0 Å². The summed E-state index contributed by atoms with van der Waals surface area (Å²) in [6, 6.07) is 0. The summed E-state index contributed by atoms with van der Waals surface area (Å²) in [5.74, 6) is 0.401. The van der Waals surface area contributed by atoms with Crippen LogP contribution in [0.2, 0.25) is 0 Å². The molecule has 1 amide bonds. The topological polar surface area (TPSA) is 38.3 Å². The number of alkyl halides is 1. The average molecular weight is 192 g/mol. The van der Waals surface area contributed by atoms with Crippen LogP contribution in [0.15, 0.2) is 0 Å². The Morgan fingerprint density at radius 1 is 1.67 bits per heavy atom. The first kappa shape index (κ1) is 9.81. The first-order chi connectivity index (χ1) is 5.83. The van der Waals surface area contributed by atoms with E-state index in [-0.39, 0.29) is 12.0 Å². The summed E-state index contributed by atoms with van der Waals surface area (Å²) in [6.45, 7) is 1.46. The maximum Gasteiger partial charge on any atom is 0.221 e. The standard InChI is InChI=1S/C8H14ClNO2/c9-4-3-8(11)10-6-7-2-1-5-12-7/h7H,1-6H2,(H,10,11). The lowest BCUT2D eigenvalue weighted by Crippen LogP contribution is -2.31. The maximum atomic E-state index is 10.9. The molecule has 3 nitrogen and oxygen atoms in total. The van der Waals surface area contributed by atoms with Gasteiger partial charge >= 0.3 is 0 Å². The van der Waals surface area contributed by atoms with Crippen LogP contribution in [0, 0.1) is 0 Å². The molecule has 1 fully saturated rings. The van der Waals surface area contributed by atoms with Crippen LogP contribution in [0.5, 0.6) is 0 Å². The van der Waals surface area contributed by atoms with Gasteiger partial charge in [0.1, 0.15) is 0 Å². The molecule has 1 atom stereocenters. The molecule has 12 heavy (non-hydrogen) atoms. The van der Waals surface area contributed by atoms with Crippen molar-refractivity contribution in [2.75, 3.05) is 19.0 Å². The lowest BCUT2D eigenvalue weighted by atomic mass is 10.2. The van der Waals surface area contributed by atoms with Gasteiger partial charge < -0.3 is 10.1 Å². The molecule has 0 spiro atoms. The average Bonchev–Trinajstić information content (AvgIpc) is 2.53. The Morgan fingerprint density at radius 2 is 2.50 bits per heavy atom. The molecule has 0 aromatic rings. The van der Waals surface area contributed by atoms with E-state index in [2.05, 4.69) is 5.32 Å². The minimum absolute atomic E-state index is 0.0144. The zero-order valence-corrected chi connectivity index (χ0v) is 7.77. The van der Waals surface area contributed by atoms with Crippen LogP contribution in [0.25, 0.3) is 0 Å². The molecule has 1 rings (SSSR count). The third-order valence-electron chi connectivity index (χ3n) is 1.87. The Bertz CT molecular complexity index is 146. The number of carbonyl (C=O) groups is 1. The van der Waals surface area contributed by atoms with Crippen molar-refractivity contribution in [2.45, 2.75) is 25.4 Å². The molecule has 70 valence electrons. The second kappa shape index (κ2) is 5.38. The highest BCUT2D eigenvalue weighted by Gasteiger charge is 2.15. The summed E-state index contributed by atoms with van der Waals surface area (Å²) in [6.07, 6.45) is 2.79. The van der Waals surface area contributed by atoms with E-state index in [1.165, 1.54) is 0 Å². The summed E-state index contributed by atoms with van der Waals surface area (Å²) in [5.41, 5.74) is 0. The summed E-state index contributed by atoms with van der Waals surface area (Å²) in [7, 11) is 0.